The molecule has 6 nitrogen and oxygen atoms in total. The van der Waals surface area contributed by atoms with Gasteiger partial charge in [-0.3, -0.25) is 15.0 Å². The number of nitrogens with one attached hydrogen (secondary N) is 2. The number of carbonyl (C=O) groups excluding carboxylic acids is 1. The summed E-state index contributed by atoms with van der Waals surface area (Å²) >= 11 is 0. The minimum Gasteiger partial charge on any atom is -0.480 e. The molecule has 12 heavy (non-hydrogen) atoms. The van der Waals surface area contributed by atoms with Crippen LogP contribution in [0.3, 0.4) is 0 Å². The first-order valence-electron chi connectivity index (χ1n) is 3.38. The quantitative estimate of drug-likeness (QED) is 0.389. The maximum absolute atomic E-state index is 10.4. The fourth-order valence-electron chi connectivity index (χ4n) is 0.568. The summed E-state index contributed by atoms with van der Waals surface area (Å²) in [4.78, 5) is 20.7. The van der Waals surface area contributed by atoms with Gasteiger partial charge >= 0.3 is 5.97 Å². The third kappa shape index (κ3) is 3.89. The molecule has 0 aromatic heterocycles. The van der Waals surface area contributed by atoms with Crippen LogP contribution in [0, 0.1) is 0 Å². The van der Waals surface area contributed by atoms with Crippen molar-refractivity contribution < 1.29 is 19.8 Å². The SMILES string of the molecule is CC(=O)NNC(C(=O)O)C(C)O. The third-order valence-electron chi connectivity index (χ3n) is 1.15. The fourth-order valence-corrected chi connectivity index (χ4v) is 0.568. The van der Waals surface area contributed by atoms with Gasteiger partial charge < -0.3 is 10.2 Å². The van der Waals surface area contributed by atoms with E-state index in [4.69, 9.17) is 10.2 Å². The molecule has 0 aromatic rings. The lowest BCUT2D eigenvalue weighted by atomic mass is 10.2. The number of hydrogen-bond acceptors (Lipinski definition) is 4. The Hall–Kier alpha value is -1.14. The van der Waals surface area contributed by atoms with E-state index in [0.29, 0.717) is 0 Å². The minimum atomic E-state index is -1.22. The van der Waals surface area contributed by atoms with E-state index in [1.807, 2.05) is 0 Å². The van der Waals surface area contributed by atoms with E-state index in [1.54, 1.807) is 0 Å². The number of hydrogen-bond donors (Lipinski definition) is 4. The summed E-state index contributed by atoms with van der Waals surface area (Å²) in [6, 6.07) is -1.19. The van der Waals surface area contributed by atoms with Crippen LogP contribution in [0.1, 0.15) is 13.8 Å². The molecule has 6 heteroatoms. The van der Waals surface area contributed by atoms with Crippen molar-refractivity contribution in [1.29, 1.82) is 0 Å². The molecule has 4 N–H and O–H groups in total. The molecule has 2 atom stereocenters. The number of carbonyl (C=O) groups is 2. The Morgan fingerprint density at radius 3 is 2.17 bits per heavy atom. The molecule has 0 heterocycles. The highest BCUT2D eigenvalue weighted by atomic mass is 16.4. The summed E-state index contributed by atoms with van der Waals surface area (Å²) < 4.78 is 0. The van der Waals surface area contributed by atoms with E-state index in [1.165, 1.54) is 13.8 Å². The van der Waals surface area contributed by atoms with Crippen LogP contribution < -0.4 is 10.9 Å². The summed E-state index contributed by atoms with van der Waals surface area (Å²) in [6.07, 6.45) is -1.07. The zero-order chi connectivity index (χ0) is 9.72. The maximum atomic E-state index is 10.4. The van der Waals surface area contributed by atoms with Gasteiger partial charge in [0.05, 0.1) is 6.10 Å². The average molecular weight is 176 g/mol. The molecule has 0 saturated heterocycles. The number of amides is 1. The lowest BCUT2D eigenvalue weighted by molar-refractivity contribution is -0.142. The van der Waals surface area contributed by atoms with Crippen molar-refractivity contribution >= 4 is 11.9 Å². The predicted molar refractivity (Wildman–Crippen MR) is 40.1 cm³/mol. The molecule has 0 radical (unpaired) electrons. The van der Waals surface area contributed by atoms with E-state index in [-0.39, 0.29) is 0 Å². The van der Waals surface area contributed by atoms with Crippen LogP contribution >= 0.6 is 0 Å². The highest BCUT2D eigenvalue weighted by Gasteiger charge is 2.22. The second-order valence-electron chi connectivity index (χ2n) is 2.38. The van der Waals surface area contributed by atoms with Gasteiger partial charge in [0.1, 0.15) is 6.04 Å². The normalized spacial score (nSPS) is 14.9. The molecule has 0 aliphatic rings. The smallest absolute Gasteiger partial charge is 0.325 e. The third-order valence-corrected chi connectivity index (χ3v) is 1.15. The molecule has 2 unspecified atom stereocenters. The molecule has 0 spiro atoms. The van der Waals surface area contributed by atoms with Gasteiger partial charge in [0.2, 0.25) is 5.91 Å². The van der Waals surface area contributed by atoms with Gasteiger partial charge in [-0.25, -0.2) is 5.43 Å². The molecule has 0 aliphatic carbocycles. The number of aliphatic carboxylic acids is 1. The number of aliphatic hydroxyl groups excluding tert-OH is 1. The molecular formula is C6H12N2O4. The molecule has 70 valence electrons. The zero-order valence-electron chi connectivity index (χ0n) is 6.87. The average Bonchev–Trinajstić information content (AvgIpc) is 1.84. The molecule has 0 aromatic carbocycles. The molecule has 1 amide bonds. The minimum absolute atomic E-state index is 0.415. The Bertz CT molecular complexity index is 180. The first-order valence-corrected chi connectivity index (χ1v) is 3.38. The van der Waals surface area contributed by atoms with Gasteiger partial charge in [-0.05, 0) is 6.92 Å². The van der Waals surface area contributed by atoms with Gasteiger partial charge in [-0.2, -0.15) is 0 Å². The molecule has 0 saturated carbocycles. The lowest BCUT2D eigenvalue weighted by Gasteiger charge is -2.16. The van der Waals surface area contributed by atoms with Crippen molar-refractivity contribution in [3.8, 4) is 0 Å². The van der Waals surface area contributed by atoms with Crippen molar-refractivity contribution in [2.45, 2.75) is 26.0 Å². The Labute approximate surface area is 69.5 Å². The zero-order valence-corrected chi connectivity index (χ0v) is 6.87. The van der Waals surface area contributed by atoms with E-state index in [0.717, 1.165) is 0 Å². The first kappa shape index (κ1) is 10.9. The number of hydrazine groups is 1. The molecule has 0 bridgehead atoms. The second kappa shape index (κ2) is 4.68. The van der Waals surface area contributed by atoms with Crippen molar-refractivity contribution in [2.75, 3.05) is 0 Å². The summed E-state index contributed by atoms with van der Waals surface area (Å²) in [5.74, 6) is -1.64. The Balaban J connectivity index is 3.97. The van der Waals surface area contributed by atoms with Gasteiger partial charge in [0.25, 0.3) is 0 Å². The van der Waals surface area contributed by atoms with Gasteiger partial charge in [-0.15, -0.1) is 0 Å². The fraction of sp³-hybridized carbons (Fsp3) is 0.667. The van der Waals surface area contributed by atoms with Crippen LogP contribution in [0.4, 0.5) is 0 Å². The van der Waals surface area contributed by atoms with Gasteiger partial charge in [0, 0.05) is 6.92 Å². The number of carboxylic acid groups (broad SMARTS) is 1. The van der Waals surface area contributed by atoms with Gasteiger partial charge in [-0.1, -0.05) is 0 Å². The summed E-state index contributed by atoms with van der Waals surface area (Å²) in [5.41, 5.74) is 4.25. The number of rotatable bonds is 4. The van der Waals surface area contributed by atoms with Crippen LogP contribution in [0.2, 0.25) is 0 Å². The summed E-state index contributed by atoms with van der Waals surface area (Å²) in [7, 11) is 0. The highest BCUT2D eigenvalue weighted by molar-refractivity contribution is 5.76. The van der Waals surface area contributed by atoms with Gasteiger partial charge in [0.15, 0.2) is 0 Å². The Morgan fingerprint density at radius 1 is 1.42 bits per heavy atom. The van der Waals surface area contributed by atoms with Crippen molar-refractivity contribution in [1.82, 2.24) is 10.9 Å². The molecule has 0 rings (SSSR count). The van der Waals surface area contributed by atoms with Crippen LogP contribution in [0.15, 0.2) is 0 Å². The number of carboxylic acids is 1. The van der Waals surface area contributed by atoms with E-state index >= 15 is 0 Å². The molecular weight excluding hydrogens is 164 g/mol. The van der Waals surface area contributed by atoms with E-state index in [2.05, 4.69) is 10.9 Å². The van der Waals surface area contributed by atoms with Crippen LogP contribution in [-0.4, -0.2) is 34.2 Å². The van der Waals surface area contributed by atoms with Crippen molar-refractivity contribution in [2.24, 2.45) is 0 Å². The Morgan fingerprint density at radius 2 is 1.92 bits per heavy atom. The Kier molecular flexibility index (Phi) is 4.24. The van der Waals surface area contributed by atoms with Crippen molar-refractivity contribution in [3.05, 3.63) is 0 Å². The standard InChI is InChI=1S/C6H12N2O4/c1-3(9)5(6(11)12)8-7-4(2)10/h3,5,8-9H,1-2H3,(H,7,10)(H,11,12). The van der Waals surface area contributed by atoms with Crippen molar-refractivity contribution in [3.63, 3.8) is 0 Å². The number of aliphatic hydroxyl groups is 1. The van der Waals surface area contributed by atoms with Crippen LogP contribution in [-0.2, 0) is 9.59 Å². The first-order chi connectivity index (χ1) is 5.45. The largest absolute Gasteiger partial charge is 0.480 e. The monoisotopic (exact) mass is 176 g/mol. The molecule has 0 fully saturated rings. The highest BCUT2D eigenvalue weighted by Crippen LogP contribution is 1.90. The second-order valence-corrected chi connectivity index (χ2v) is 2.38. The topological polar surface area (TPSA) is 98.7 Å². The maximum Gasteiger partial charge on any atom is 0.325 e. The molecule has 0 aliphatic heterocycles. The lowest BCUT2D eigenvalue weighted by Crippen LogP contribution is -2.52. The van der Waals surface area contributed by atoms with Crippen LogP contribution in [0.5, 0.6) is 0 Å². The van der Waals surface area contributed by atoms with Crippen LogP contribution in [0.25, 0.3) is 0 Å². The summed E-state index contributed by atoms with van der Waals surface area (Å²) in [5, 5.41) is 17.4. The van der Waals surface area contributed by atoms with E-state index in [9.17, 15) is 9.59 Å². The van der Waals surface area contributed by atoms with E-state index < -0.39 is 24.0 Å². The summed E-state index contributed by atoms with van der Waals surface area (Å²) in [6.45, 7) is 2.54. The predicted octanol–water partition coefficient (Wildman–Crippen LogP) is -1.54.